The fourth-order valence-corrected chi connectivity index (χ4v) is 5.52. The van der Waals surface area contributed by atoms with Crippen LogP contribution in [0.25, 0.3) is 55.6 Å². The Kier molecular flexibility index (Phi) is 4.80. The van der Waals surface area contributed by atoms with Gasteiger partial charge in [-0.25, -0.2) is 4.98 Å². The summed E-state index contributed by atoms with van der Waals surface area (Å²) >= 11 is 0. The number of aliphatic hydroxyl groups excluding tert-OH is 2. The molecule has 0 bridgehead atoms. The van der Waals surface area contributed by atoms with Gasteiger partial charge in [0.1, 0.15) is 18.2 Å². The molecule has 7 rings (SSSR count). The van der Waals surface area contributed by atoms with Crippen molar-refractivity contribution in [1.29, 1.82) is 0 Å². The van der Waals surface area contributed by atoms with Crippen LogP contribution in [-0.4, -0.2) is 48.5 Å². The summed E-state index contributed by atoms with van der Waals surface area (Å²) in [5.74, 6) is 0.387. The molecule has 37 heavy (non-hydrogen) atoms. The largest absolute Gasteiger partial charge is 0.394 e. The number of nitrogens with zero attached hydrogens (tertiary/aromatic N) is 3. The van der Waals surface area contributed by atoms with Crippen LogP contribution in [0.3, 0.4) is 0 Å². The quantitative estimate of drug-likeness (QED) is 0.276. The molecular weight excluding hydrogens is 470 g/mol. The van der Waals surface area contributed by atoms with Crippen molar-refractivity contribution >= 4 is 61.6 Å². The van der Waals surface area contributed by atoms with Crippen molar-refractivity contribution in [2.24, 2.45) is 0 Å². The SMILES string of the molecule is Nc1nc2c(nc(/C=C\c3ccc4ccc5cccc6ccc3c4c56)n2[C@H]2C[C@H](O)[C@@H](CO)O2)c(=O)[nH]1. The van der Waals surface area contributed by atoms with Gasteiger partial charge in [0.05, 0.1) is 12.7 Å². The minimum absolute atomic E-state index is 0.0433. The van der Waals surface area contributed by atoms with Crippen LogP contribution >= 0.6 is 0 Å². The van der Waals surface area contributed by atoms with Crippen LogP contribution in [-0.2, 0) is 4.74 Å². The van der Waals surface area contributed by atoms with Crippen LogP contribution in [0.15, 0.2) is 59.4 Å². The molecule has 6 aromatic rings. The first-order chi connectivity index (χ1) is 18.0. The molecule has 9 heteroatoms. The van der Waals surface area contributed by atoms with E-state index in [9.17, 15) is 15.0 Å². The maximum atomic E-state index is 12.6. The third kappa shape index (κ3) is 3.32. The standard InChI is InChI=1S/C28H23N5O4/c29-28-31-26-25(27(36)32-28)30-21(33(26)22-12-19(35)20(13-34)37-22)11-9-14-4-5-17-7-6-15-2-1-3-16-8-10-18(14)24(17)23(15)16/h1-11,19-20,22,34-35H,12-13H2,(H3,29,31,32,36)/b11-9-/t19-,20+,22+/m0/s1. The van der Waals surface area contributed by atoms with Gasteiger partial charge in [-0.3, -0.25) is 14.3 Å². The highest BCUT2D eigenvalue weighted by Crippen LogP contribution is 2.37. The molecule has 0 amide bonds. The second-order valence-corrected chi connectivity index (χ2v) is 9.42. The summed E-state index contributed by atoms with van der Waals surface area (Å²) in [5.41, 5.74) is 6.73. The Balaban J connectivity index is 1.41. The number of benzene rings is 4. The minimum Gasteiger partial charge on any atom is -0.394 e. The van der Waals surface area contributed by atoms with Gasteiger partial charge in [0.15, 0.2) is 11.2 Å². The normalized spacial score (nSPS) is 20.4. The van der Waals surface area contributed by atoms with Crippen molar-refractivity contribution in [2.75, 3.05) is 12.3 Å². The number of hydrogen-bond acceptors (Lipinski definition) is 7. The van der Waals surface area contributed by atoms with Crippen molar-refractivity contribution in [2.45, 2.75) is 24.9 Å². The van der Waals surface area contributed by atoms with Crippen molar-refractivity contribution in [3.05, 3.63) is 76.3 Å². The van der Waals surface area contributed by atoms with Gasteiger partial charge in [-0.15, -0.1) is 0 Å². The van der Waals surface area contributed by atoms with E-state index >= 15 is 0 Å². The van der Waals surface area contributed by atoms with Crippen LogP contribution in [0.2, 0.25) is 0 Å². The summed E-state index contributed by atoms with van der Waals surface area (Å²) in [6.07, 6.45) is 1.70. The highest BCUT2D eigenvalue weighted by molar-refractivity contribution is 6.24. The van der Waals surface area contributed by atoms with Gasteiger partial charge in [0.2, 0.25) is 5.95 Å². The van der Waals surface area contributed by atoms with Crippen LogP contribution in [0.4, 0.5) is 5.95 Å². The van der Waals surface area contributed by atoms with E-state index in [1.165, 1.54) is 26.9 Å². The molecule has 2 aromatic heterocycles. The fraction of sp³-hybridized carbons (Fsp3) is 0.179. The molecule has 9 nitrogen and oxygen atoms in total. The van der Waals surface area contributed by atoms with Gasteiger partial charge in [-0.2, -0.15) is 4.98 Å². The van der Waals surface area contributed by atoms with E-state index in [2.05, 4.69) is 69.5 Å². The lowest BCUT2D eigenvalue weighted by atomic mass is 9.92. The Morgan fingerprint density at radius 2 is 1.76 bits per heavy atom. The van der Waals surface area contributed by atoms with Gasteiger partial charge in [-0.1, -0.05) is 60.7 Å². The number of nitrogens with one attached hydrogen (secondary N) is 1. The summed E-state index contributed by atoms with van der Waals surface area (Å²) in [6, 6.07) is 19.0. The fourth-order valence-electron chi connectivity index (χ4n) is 5.52. The van der Waals surface area contributed by atoms with Crippen LogP contribution in [0.5, 0.6) is 0 Å². The molecular formula is C28H23N5O4. The zero-order chi connectivity index (χ0) is 25.3. The third-order valence-corrected chi connectivity index (χ3v) is 7.24. The number of imidazole rings is 1. The number of anilines is 1. The van der Waals surface area contributed by atoms with Gasteiger partial charge >= 0.3 is 0 Å². The lowest BCUT2D eigenvalue weighted by molar-refractivity contribution is -0.0433. The molecule has 0 aliphatic carbocycles. The first kappa shape index (κ1) is 21.9. The van der Waals surface area contributed by atoms with Crippen LogP contribution in [0.1, 0.15) is 24.0 Å². The first-order valence-corrected chi connectivity index (χ1v) is 12.1. The first-order valence-electron chi connectivity index (χ1n) is 12.1. The summed E-state index contributed by atoms with van der Waals surface area (Å²) in [6.45, 7) is -0.325. The number of nitrogens with two attached hydrogens (primary N) is 1. The zero-order valence-corrected chi connectivity index (χ0v) is 19.6. The Morgan fingerprint density at radius 1 is 1.03 bits per heavy atom. The van der Waals surface area contributed by atoms with Crippen LogP contribution in [0, 0.1) is 0 Å². The molecule has 3 atom stereocenters. The number of aromatic nitrogens is 4. The average molecular weight is 494 g/mol. The molecule has 1 aliphatic rings. The highest BCUT2D eigenvalue weighted by Gasteiger charge is 2.36. The summed E-state index contributed by atoms with van der Waals surface area (Å²) in [5, 5.41) is 27.0. The van der Waals surface area contributed by atoms with Gasteiger partial charge in [0, 0.05) is 6.42 Å². The molecule has 0 radical (unpaired) electrons. The topological polar surface area (TPSA) is 139 Å². The lowest BCUT2D eigenvalue weighted by Crippen LogP contribution is -2.24. The second kappa shape index (κ2) is 8.10. The zero-order valence-electron chi connectivity index (χ0n) is 19.6. The Bertz CT molecular complexity index is 1890. The second-order valence-electron chi connectivity index (χ2n) is 9.42. The monoisotopic (exact) mass is 493 g/mol. The lowest BCUT2D eigenvalue weighted by Gasteiger charge is -2.16. The molecule has 1 fully saturated rings. The van der Waals surface area contributed by atoms with E-state index < -0.39 is 24.0 Å². The third-order valence-electron chi connectivity index (χ3n) is 7.24. The van der Waals surface area contributed by atoms with E-state index in [1.807, 2.05) is 12.2 Å². The van der Waals surface area contributed by atoms with Crippen molar-refractivity contribution in [3.63, 3.8) is 0 Å². The number of aromatic amines is 1. The molecule has 1 saturated heterocycles. The minimum atomic E-state index is -0.860. The Labute approximate surface area is 209 Å². The van der Waals surface area contributed by atoms with E-state index in [0.717, 1.165) is 10.9 Å². The number of aliphatic hydroxyl groups is 2. The van der Waals surface area contributed by atoms with E-state index in [-0.39, 0.29) is 30.1 Å². The molecule has 3 heterocycles. The molecule has 184 valence electrons. The predicted molar refractivity (Wildman–Crippen MR) is 143 cm³/mol. The summed E-state index contributed by atoms with van der Waals surface area (Å²) in [7, 11) is 0. The molecule has 0 saturated carbocycles. The van der Waals surface area contributed by atoms with Gasteiger partial charge < -0.3 is 20.7 Å². The summed E-state index contributed by atoms with van der Waals surface area (Å²) < 4.78 is 7.55. The number of H-pyrrole nitrogens is 1. The van der Waals surface area contributed by atoms with Crippen molar-refractivity contribution < 1.29 is 14.9 Å². The molecule has 4 aromatic carbocycles. The Morgan fingerprint density at radius 3 is 2.51 bits per heavy atom. The predicted octanol–water partition coefficient (Wildman–Crippen LogP) is 3.41. The molecule has 0 spiro atoms. The number of nitrogen functional groups attached to an aromatic ring is 1. The maximum absolute atomic E-state index is 12.6. The number of fused-ring (bicyclic) bond motifs is 1. The molecule has 1 aliphatic heterocycles. The van der Waals surface area contributed by atoms with Crippen molar-refractivity contribution in [1.82, 2.24) is 19.5 Å². The number of hydrogen-bond donors (Lipinski definition) is 4. The average Bonchev–Trinajstić information content (AvgIpc) is 3.45. The maximum Gasteiger partial charge on any atom is 0.280 e. The molecule has 5 N–H and O–H groups in total. The van der Waals surface area contributed by atoms with Gasteiger partial charge in [0.25, 0.3) is 5.56 Å². The van der Waals surface area contributed by atoms with E-state index in [1.54, 1.807) is 4.57 Å². The number of rotatable bonds is 4. The van der Waals surface area contributed by atoms with E-state index in [4.69, 9.17) is 10.5 Å². The van der Waals surface area contributed by atoms with Crippen molar-refractivity contribution in [3.8, 4) is 0 Å². The smallest absolute Gasteiger partial charge is 0.280 e. The highest BCUT2D eigenvalue weighted by atomic mass is 16.5. The van der Waals surface area contributed by atoms with Gasteiger partial charge in [-0.05, 0) is 44.0 Å². The van der Waals surface area contributed by atoms with Crippen LogP contribution < -0.4 is 11.3 Å². The van der Waals surface area contributed by atoms with E-state index in [0.29, 0.717) is 5.82 Å². The number of ether oxygens (including phenoxy) is 1. The molecule has 0 unspecified atom stereocenters. The Hall–Kier alpha value is -4.31. The summed E-state index contributed by atoms with van der Waals surface area (Å²) in [4.78, 5) is 23.9.